The van der Waals surface area contributed by atoms with Crippen LogP contribution in [0.5, 0.6) is 0 Å². The third-order valence-corrected chi connectivity index (χ3v) is 2.45. The molecule has 0 atom stereocenters. The number of carbonyl (C=O) groups excluding carboxylic acids is 2. The highest BCUT2D eigenvalue weighted by molar-refractivity contribution is 8.14. The molecule has 1 aromatic carbocycles. The Balaban J connectivity index is 0.00000106. The first kappa shape index (κ1) is 14.7. The molecule has 0 unspecified atom stereocenters. The number of nitrogen functional groups attached to an aromatic ring is 1. The van der Waals surface area contributed by atoms with Crippen LogP contribution >= 0.6 is 11.8 Å². The van der Waals surface area contributed by atoms with E-state index in [1.54, 1.807) is 24.3 Å². The third kappa shape index (κ3) is 5.53. The minimum absolute atomic E-state index is 0.0474. The molecule has 0 saturated heterocycles. The van der Waals surface area contributed by atoms with Crippen molar-refractivity contribution in [3.8, 4) is 0 Å². The SMILES string of the molecule is CC(=O)SCC(=O)c1ccc(N)cc1.CO. The Kier molecular flexibility index (Phi) is 7.24. The quantitative estimate of drug-likeness (QED) is 0.616. The van der Waals surface area contributed by atoms with Crippen molar-refractivity contribution in [2.75, 3.05) is 18.6 Å². The summed E-state index contributed by atoms with van der Waals surface area (Å²) < 4.78 is 0. The van der Waals surface area contributed by atoms with Crippen LogP contribution in [0, 0.1) is 0 Å². The number of carbonyl (C=O) groups is 2. The smallest absolute Gasteiger partial charge is 0.186 e. The van der Waals surface area contributed by atoms with E-state index in [-0.39, 0.29) is 16.7 Å². The molecule has 0 saturated carbocycles. The van der Waals surface area contributed by atoms with Gasteiger partial charge in [-0.1, -0.05) is 11.8 Å². The fourth-order valence-electron chi connectivity index (χ4n) is 0.920. The zero-order valence-corrected chi connectivity index (χ0v) is 10.1. The Morgan fingerprint density at radius 3 is 2.19 bits per heavy atom. The molecule has 0 amide bonds. The van der Waals surface area contributed by atoms with Crippen molar-refractivity contribution in [1.29, 1.82) is 0 Å². The van der Waals surface area contributed by atoms with Gasteiger partial charge in [0.25, 0.3) is 0 Å². The highest BCUT2D eigenvalue weighted by atomic mass is 32.2. The van der Waals surface area contributed by atoms with E-state index >= 15 is 0 Å². The molecular formula is C11H15NO3S. The topological polar surface area (TPSA) is 80.4 Å². The average Bonchev–Trinajstić information content (AvgIpc) is 2.29. The van der Waals surface area contributed by atoms with E-state index < -0.39 is 0 Å². The summed E-state index contributed by atoms with van der Waals surface area (Å²) in [6.07, 6.45) is 0. The Bertz CT molecular complexity index is 349. The van der Waals surface area contributed by atoms with Gasteiger partial charge >= 0.3 is 0 Å². The van der Waals surface area contributed by atoms with Gasteiger partial charge < -0.3 is 10.8 Å². The first-order chi connectivity index (χ1) is 7.59. The minimum Gasteiger partial charge on any atom is -0.400 e. The molecule has 3 N–H and O–H groups in total. The van der Waals surface area contributed by atoms with Crippen molar-refractivity contribution < 1.29 is 14.7 Å². The molecule has 1 aromatic rings. The van der Waals surface area contributed by atoms with E-state index in [0.717, 1.165) is 18.9 Å². The summed E-state index contributed by atoms with van der Waals surface area (Å²) in [5, 5.41) is 6.95. The van der Waals surface area contributed by atoms with Gasteiger partial charge in [0.05, 0.1) is 5.75 Å². The lowest BCUT2D eigenvalue weighted by molar-refractivity contribution is -0.109. The summed E-state index contributed by atoms with van der Waals surface area (Å²) in [4.78, 5) is 22.1. The lowest BCUT2D eigenvalue weighted by atomic mass is 10.1. The van der Waals surface area contributed by atoms with Crippen LogP contribution in [0.25, 0.3) is 0 Å². The molecule has 0 bridgehead atoms. The molecular weight excluding hydrogens is 226 g/mol. The second kappa shape index (κ2) is 7.90. The maximum absolute atomic E-state index is 11.4. The maximum Gasteiger partial charge on any atom is 0.186 e. The number of rotatable bonds is 3. The third-order valence-electron chi connectivity index (χ3n) is 1.64. The fraction of sp³-hybridized carbons (Fsp3) is 0.273. The van der Waals surface area contributed by atoms with Gasteiger partial charge in [-0.25, -0.2) is 0 Å². The number of nitrogens with two attached hydrogens (primary N) is 1. The van der Waals surface area contributed by atoms with Crippen LogP contribution in [0.3, 0.4) is 0 Å². The predicted molar refractivity (Wildman–Crippen MR) is 66.5 cm³/mol. The van der Waals surface area contributed by atoms with Crippen LogP contribution < -0.4 is 5.73 Å². The first-order valence-electron chi connectivity index (χ1n) is 4.56. The second-order valence-electron chi connectivity index (χ2n) is 2.83. The van der Waals surface area contributed by atoms with Crippen LogP contribution in [0.4, 0.5) is 5.69 Å². The monoisotopic (exact) mass is 241 g/mol. The molecule has 0 spiro atoms. The Morgan fingerprint density at radius 1 is 1.25 bits per heavy atom. The molecule has 0 aromatic heterocycles. The van der Waals surface area contributed by atoms with E-state index in [1.807, 2.05) is 0 Å². The number of anilines is 1. The lowest BCUT2D eigenvalue weighted by Gasteiger charge is -1.99. The molecule has 0 aliphatic rings. The summed E-state index contributed by atoms with van der Waals surface area (Å²) in [6.45, 7) is 1.45. The maximum atomic E-state index is 11.4. The van der Waals surface area contributed by atoms with Crippen LogP contribution in [0.1, 0.15) is 17.3 Å². The number of hydrogen-bond acceptors (Lipinski definition) is 5. The molecule has 4 nitrogen and oxygen atoms in total. The van der Waals surface area contributed by atoms with E-state index in [1.165, 1.54) is 6.92 Å². The largest absolute Gasteiger partial charge is 0.400 e. The van der Waals surface area contributed by atoms with Gasteiger partial charge in [-0.2, -0.15) is 0 Å². The highest BCUT2D eigenvalue weighted by Gasteiger charge is 2.06. The molecule has 1 rings (SSSR count). The molecule has 88 valence electrons. The van der Waals surface area contributed by atoms with Gasteiger partial charge in [0.15, 0.2) is 10.9 Å². The fourth-order valence-corrected chi connectivity index (χ4v) is 1.42. The number of hydrogen-bond donors (Lipinski definition) is 2. The Morgan fingerprint density at radius 2 is 1.75 bits per heavy atom. The van der Waals surface area contributed by atoms with Gasteiger partial charge in [-0.3, -0.25) is 9.59 Å². The number of Topliss-reactive ketones (excluding diaryl/α,β-unsaturated/α-hetero) is 1. The number of ketones is 1. The summed E-state index contributed by atoms with van der Waals surface area (Å²) in [7, 11) is 1.00. The highest BCUT2D eigenvalue weighted by Crippen LogP contribution is 2.10. The minimum atomic E-state index is -0.0507. The standard InChI is InChI=1S/C10H11NO2S.CH4O/c1-7(12)14-6-10(13)8-2-4-9(11)5-3-8;1-2/h2-5H,6,11H2,1H3;2H,1H3. The van der Waals surface area contributed by atoms with Gasteiger partial charge in [0, 0.05) is 25.3 Å². The normalized spacial score (nSPS) is 8.94. The Hall–Kier alpha value is -1.33. The predicted octanol–water partition coefficient (Wildman–Crippen LogP) is 1.34. The lowest BCUT2D eigenvalue weighted by Crippen LogP contribution is -2.03. The van der Waals surface area contributed by atoms with E-state index in [4.69, 9.17) is 10.8 Å². The zero-order valence-electron chi connectivity index (χ0n) is 9.27. The van der Waals surface area contributed by atoms with Gasteiger partial charge in [-0.15, -0.1) is 0 Å². The number of aliphatic hydroxyl groups is 1. The van der Waals surface area contributed by atoms with Crippen molar-refractivity contribution in [2.24, 2.45) is 0 Å². The molecule has 5 heteroatoms. The average molecular weight is 241 g/mol. The molecule has 0 aliphatic carbocycles. The van der Waals surface area contributed by atoms with Gasteiger partial charge in [-0.05, 0) is 24.3 Å². The molecule has 0 fully saturated rings. The van der Waals surface area contributed by atoms with Crippen molar-refractivity contribution in [2.45, 2.75) is 6.92 Å². The number of aliphatic hydroxyl groups excluding tert-OH is 1. The molecule has 0 heterocycles. The van der Waals surface area contributed by atoms with Crippen molar-refractivity contribution in [3.05, 3.63) is 29.8 Å². The van der Waals surface area contributed by atoms with E-state index in [2.05, 4.69) is 0 Å². The van der Waals surface area contributed by atoms with Gasteiger partial charge in [0.1, 0.15) is 0 Å². The summed E-state index contributed by atoms with van der Waals surface area (Å²) >= 11 is 1.02. The van der Waals surface area contributed by atoms with Crippen molar-refractivity contribution >= 4 is 28.3 Å². The second-order valence-corrected chi connectivity index (χ2v) is 3.98. The van der Waals surface area contributed by atoms with Crippen molar-refractivity contribution in [1.82, 2.24) is 0 Å². The van der Waals surface area contributed by atoms with Crippen molar-refractivity contribution in [3.63, 3.8) is 0 Å². The summed E-state index contributed by atoms with van der Waals surface area (Å²) in [5.74, 6) is 0.143. The van der Waals surface area contributed by atoms with Crippen LogP contribution in [0.2, 0.25) is 0 Å². The van der Waals surface area contributed by atoms with E-state index in [9.17, 15) is 9.59 Å². The number of thioether (sulfide) groups is 1. The van der Waals surface area contributed by atoms with Crippen LogP contribution in [-0.2, 0) is 4.79 Å². The number of benzene rings is 1. The molecule has 0 aliphatic heterocycles. The Labute approximate surface area is 98.8 Å². The van der Waals surface area contributed by atoms with Crippen LogP contribution in [0.15, 0.2) is 24.3 Å². The zero-order chi connectivity index (χ0) is 12.6. The molecule has 0 radical (unpaired) electrons. The first-order valence-corrected chi connectivity index (χ1v) is 5.55. The van der Waals surface area contributed by atoms with Gasteiger partial charge in [0.2, 0.25) is 0 Å². The summed E-state index contributed by atoms with van der Waals surface area (Å²) in [5.41, 5.74) is 6.69. The molecule has 16 heavy (non-hydrogen) atoms. The van der Waals surface area contributed by atoms with E-state index in [0.29, 0.717) is 11.3 Å². The van der Waals surface area contributed by atoms with Crippen LogP contribution in [-0.4, -0.2) is 28.9 Å². The summed E-state index contributed by atoms with van der Waals surface area (Å²) in [6, 6.07) is 6.67.